The van der Waals surface area contributed by atoms with E-state index < -0.39 is 0 Å². The van der Waals surface area contributed by atoms with Crippen LogP contribution in [0.5, 0.6) is 0 Å². The van der Waals surface area contributed by atoms with Crippen molar-refractivity contribution in [1.82, 2.24) is 25.1 Å². The predicted molar refractivity (Wildman–Crippen MR) is 137 cm³/mol. The van der Waals surface area contributed by atoms with Crippen molar-refractivity contribution in [1.29, 1.82) is 0 Å². The largest absolute Gasteiger partial charge is 0.356 e. The Labute approximate surface area is 201 Å². The third kappa shape index (κ3) is 6.95. The number of hydrogen-bond acceptors (Lipinski definition) is 3. The Hall–Kier alpha value is -2.62. The van der Waals surface area contributed by atoms with Gasteiger partial charge in [0, 0.05) is 46.3 Å². The minimum atomic E-state index is 0. The number of benzene rings is 2. The fraction of sp³-hybridized carbons (Fsp3) is 0.348. The van der Waals surface area contributed by atoms with E-state index in [0.717, 1.165) is 55.0 Å². The first kappa shape index (κ1) is 24.6. The fourth-order valence-electron chi connectivity index (χ4n) is 3.31. The Morgan fingerprint density at radius 3 is 2.65 bits per heavy atom. The number of hydrogen-bond donors (Lipinski definition) is 2. The zero-order valence-corrected chi connectivity index (χ0v) is 20.7. The quantitative estimate of drug-likeness (QED) is 0.202. The van der Waals surface area contributed by atoms with E-state index in [9.17, 15) is 4.79 Å². The number of carbonyl (C=O) groups is 1. The third-order valence-electron chi connectivity index (χ3n) is 4.91. The average molecular weight is 534 g/mol. The maximum atomic E-state index is 12.1. The maximum Gasteiger partial charge on any atom is 0.253 e. The van der Waals surface area contributed by atoms with Crippen LogP contribution in [-0.2, 0) is 13.0 Å². The molecule has 3 rings (SSSR count). The molecule has 0 radical (unpaired) electrons. The van der Waals surface area contributed by atoms with Crippen LogP contribution in [0.2, 0.25) is 0 Å². The van der Waals surface area contributed by atoms with Crippen molar-refractivity contribution in [3.8, 4) is 0 Å². The van der Waals surface area contributed by atoms with Crippen molar-refractivity contribution in [3.63, 3.8) is 0 Å². The van der Waals surface area contributed by atoms with Crippen molar-refractivity contribution >= 4 is 46.9 Å². The Bertz CT molecular complexity index is 1010. The van der Waals surface area contributed by atoms with Crippen LogP contribution in [-0.4, -0.2) is 60.6 Å². The summed E-state index contributed by atoms with van der Waals surface area (Å²) in [5.41, 5.74) is 4.03. The van der Waals surface area contributed by atoms with Crippen LogP contribution >= 0.6 is 24.0 Å². The first-order valence-electron chi connectivity index (χ1n) is 10.2. The first-order valence-corrected chi connectivity index (χ1v) is 10.2. The number of para-hydroxylation sites is 2. The van der Waals surface area contributed by atoms with E-state index >= 15 is 0 Å². The topological polar surface area (TPSA) is 74.5 Å². The summed E-state index contributed by atoms with van der Waals surface area (Å²) in [6.45, 7) is 2.46. The number of aryl methyl sites for hydroxylation is 1. The van der Waals surface area contributed by atoms with Gasteiger partial charge in [0.1, 0.15) is 0 Å². The summed E-state index contributed by atoms with van der Waals surface area (Å²) in [4.78, 5) is 22.4. The summed E-state index contributed by atoms with van der Waals surface area (Å²) in [6, 6.07) is 15.9. The Morgan fingerprint density at radius 1 is 1.10 bits per heavy atom. The number of rotatable bonds is 8. The lowest BCUT2D eigenvalue weighted by Crippen LogP contribution is -2.39. The summed E-state index contributed by atoms with van der Waals surface area (Å²) in [6.07, 6.45) is 3.68. The molecule has 1 aromatic heterocycles. The normalized spacial score (nSPS) is 11.1. The van der Waals surface area contributed by atoms with E-state index in [-0.39, 0.29) is 29.9 Å². The van der Waals surface area contributed by atoms with Gasteiger partial charge in [-0.05, 0) is 42.7 Å². The second-order valence-electron chi connectivity index (χ2n) is 7.36. The number of aliphatic imine (C=N–C) groups is 1. The molecule has 7 nitrogen and oxygen atoms in total. The molecule has 31 heavy (non-hydrogen) atoms. The van der Waals surface area contributed by atoms with Gasteiger partial charge in [0.2, 0.25) is 0 Å². The van der Waals surface area contributed by atoms with E-state index in [2.05, 4.69) is 31.2 Å². The van der Waals surface area contributed by atoms with Crippen LogP contribution in [0.25, 0.3) is 11.0 Å². The van der Waals surface area contributed by atoms with Crippen LogP contribution in [0.1, 0.15) is 22.3 Å². The molecule has 8 heteroatoms. The summed E-state index contributed by atoms with van der Waals surface area (Å²) in [7, 11) is 5.30. The number of nitrogens with one attached hydrogen (secondary N) is 2. The predicted octanol–water partition coefficient (Wildman–Crippen LogP) is 3.15. The highest BCUT2D eigenvalue weighted by atomic mass is 127. The molecule has 3 aromatic rings. The van der Waals surface area contributed by atoms with Gasteiger partial charge < -0.3 is 20.1 Å². The molecular weight excluding hydrogens is 503 g/mol. The zero-order chi connectivity index (χ0) is 21.3. The highest BCUT2D eigenvalue weighted by Gasteiger charge is 2.08. The van der Waals surface area contributed by atoms with E-state index in [4.69, 9.17) is 0 Å². The van der Waals surface area contributed by atoms with Gasteiger partial charge in [-0.25, -0.2) is 4.98 Å². The molecule has 2 aromatic carbocycles. The number of guanidine groups is 1. The smallest absolute Gasteiger partial charge is 0.253 e. The van der Waals surface area contributed by atoms with Crippen molar-refractivity contribution < 1.29 is 4.79 Å². The van der Waals surface area contributed by atoms with Crippen LogP contribution < -0.4 is 10.6 Å². The van der Waals surface area contributed by atoms with E-state index in [1.807, 2.05) is 48.8 Å². The molecule has 0 aliphatic rings. The number of aromatic nitrogens is 2. The molecule has 0 atom stereocenters. The molecule has 1 amide bonds. The summed E-state index contributed by atoms with van der Waals surface area (Å²) >= 11 is 0. The molecule has 0 aliphatic heterocycles. The highest BCUT2D eigenvalue weighted by Crippen LogP contribution is 2.12. The third-order valence-corrected chi connectivity index (χ3v) is 4.91. The Morgan fingerprint density at radius 2 is 1.87 bits per heavy atom. The van der Waals surface area contributed by atoms with E-state index in [1.165, 1.54) is 0 Å². The molecule has 0 saturated carbocycles. The van der Waals surface area contributed by atoms with Crippen LogP contribution in [0.4, 0.5) is 0 Å². The fourth-order valence-corrected chi connectivity index (χ4v) is 3.31. The standard InChI is InChI=1S/C23H30N6O.HI/c1-24-23(25-13-7-15-29-17-27-20-10-4-5-11-21(20)29)26-14-12-18-8-6-9-19(16-18)22(30)28(2)3;/h4-6,8-11,16-17H,7,12-15H2,1-3H3,(H2,24,25,26);1H. The van der Waals surface area contributed by atoms with Gasteiger partial charge in [-0.15, -0.1) is 24.0 Å². The summed E-state index contributed by atoms with van der Waals surface area (Å²) in [5.74, 6) is 0.805. The zero-order valence-electron chi connectivity index (χ0n) is 18.3. The van der Waals surface area contributed by atoms with Gasteiger partial charge in [0.25, 0.3) is 5.91 Å². The van der Waals surface area contributed by atoms with Gasteiger partial charge in [0.05, 0.1) is 17.4 Å². The molecule has 0 saturated heterocycles. The van der Waals surface area contributed by atoms with Gasteiger partial charge in [-0.1, -0.05) is 24.3 Å². The first-order chi connectivity index (χ1) is 14.6. The average Bonchev–Trinajstić information content (AvgIpc) is 3.18. The van der Waals surface area contributed by atoms with Crippen LogP contribution in [0.3, 0.4) is 0 Å². The minimum Gasteiger partial charge on any atom is -0.356 e. The SMILES string of the molecule is CN=C(NCCCn1cnc2ccccc21)NCCc1cccc(C(=O)N(C)C)c1.I. The number of halogens is 1. The van der Waals surface area contributed by atoms with Crippen LogP contribution in [0, 0.1) is 0 Å². The summed E-state index contributed by atoms with van der Waals surface area (Å²) in [5, 5.41) is 6.69. The number of fused-ring (bicyclic) bond motifs is 1. The Balaban J connectivity index is 0.00000341. The van der Waals surface area contributed by atoms with Crippen molar-refractivity contribution in [2.45, 2.75) is 19.4 Å². The second-order valence-corrected chi connectivity index (χ2v) is 7.36. The van der Waals surface area contributed by atoms with E-state index in [1.54, 1.807) is 26.0 Å². The second kappa shape index (κ2) is 12.3. The monoisotopic (exact) mass is 534 g/mol. The van der Waals surface area contributed by atoms with Crippen molar-refractivity contribution in [2.24, 2.45) is 4.99 Å². The number of nitrogens with zero attached hydrogens (tertiary/aromatic N) is 4. The maximum absolute atomic E-state index is 12.1. The highest BCUT2D eigenvalue weighted by molar-refractivity contribution is 14.0. The van der Waals surface area contributed by atoms with Crippen molar-refractivity contribution in [2.75, 3.05) is 34.2 Å². The molecular formula is C23H31IN6O. The molecule has 2 N–H and O–H groups in total. The number of carbonyl (C=O) groups excluding carboxylic acids is 1. The number of amides is 1. The van der Waals surface area contributed by atoms with Gasteiger partial charge in [-0.3, -0.25) is 9.79 Å². The minimum absolute atomic E-state index is 0. The molecule has 0 aliphatic carbocycles. The Kier molecular flexibility index (Phi) is 9.77. The van der Waals surface area contributed by atoms with Crippen LogP contribution in [0.15, 0.2) is 59.9 Å². The van der Waals surface area contributed by atoms with Gasteiger partial charge >= 0.3 is 0 Å². The van der Waals surface area contributed by atoms with Gasteiger partial charge in [0.15, 0.2) is 5.96 Å². The van der Waals surface area contributed by atoms with Gasteiger partial charge in [-0.2, -0.15) is 0 Å². The van der Waals surface area contributed by atoms with E-state index in [0.29, 0.717) is 5.56 Å². The molecule has 0 bridgehead atoms. The molecule has 1 heterocycles. The lowest BCUT2D eigenvalue weighted by molar-refractivity contribution is 0.0827. The molecule has 0 unspecified atom stereocenters. The summed E-state index contributed by atoms with van der Waals surface area (Å²) < 4.78 is 2.18. The molecule has 0 fully saturated rings. The van der Waals surface area contributed by atoms with Crippen molar-refractivity contribution in [3.05, 3.63) is 66.0 Å². The lowest BCUT2D eigenvalue weighted by Gasteiger charge is -2.13. The number of imidazole rings is 1. The lowest BCUT2D eigenvalue weighted by atomic mass is 10.1. The molecule has 166 valence electrons. The molecule has 0 spiro atoms.